The fraction of sp³-hybridized carbons (Fsp3) is 0.385. The van der Waals surface area contributed by atoms with Crippen molar-refractivity contribution in [3.8, 4) is 11.5 Å². The van der Waals surface area contributed by atoms with Gasteiger partial charge in [0.25, 0.3) is 0 Å². The predicted molar refractivity (Wildman–Crippen MR) is 75.7 cm³/mol. The molecule has 1 heterocycles. The summed E-state index contributed by atoms with van der Waals surface area (Å²) in [5.41, 5.74) is 5.51. The SMILES string of the molecule is CCOc1ccc(OCCCc2nnc(N)s2)cc1. The molecule has 0 spiro atoms. The highest BCUT2D eigenvalue weighted by Gasteiger charge is 2.01. The maximum atomic E-state index is 5.64. The number of hydrogen-bond donors (Lipinski definition) is 1. The molecule has 102 valence electrons. The van der Waals surface area contributed by atoms with E-state index in [1.165, 1.54) is 11.3 Å². The maximum absolute atomic E-state index is 5.64. The van der Waals surface area contributed by atoms with E-state index < -0.39 is 0 Å². The van der Waals surface area contributed by atoms with Crippen molar-refractivity contribution in [3.05, 3.63) is 29.3 Å². The zero-order chi connectivity index (χ0) is 13.5. The van der Waals surface area contributed by atoms with Crippen molar-refractivity contribution in [1.29, 1.82) is 0 Å². The number of nitrogen functional groups attached to an aromatic ring is 1. The first-order valence-corrected chi connectivity index (χ1v) is 7.03. The topological polar surface area (TPSA) is 70.3 Å². The van der Waals surface area contributed by atoms with Gasteiger partial charge in [-0.2, -0.15) is 0 Å². The molecule has 0 atom stereocenters. The molecule has 2 rings (SSSR count). The van der Waals surface area contributed by atoms with E-state index in [1.54, 1.807) is 0 Å². The zero-order valence-electron chi connectivity index (χ0n) is 10.8. The van der Waals surface area contributed by atoms with Crippen molar-refractivity contribution in [2.45, 2.75) is 19.8 Å². The van der Waals surface area contributed by atoms with E-state index in [4.69, 9.17) is 15.2 Å². The van der Waals surface area contributed by atoms with Gasteiger partial charge in [0.2, 0.25) is 5.13 Å². The van der Waals surface area contributed by atoms with Crippen LogP contribution in [0.2, 0.25) is 0 Å². The van der Waals surface area contributed by atoms with Gasteiger partial charge >= 0.3 is 0 Å². The van der Waals surface area contributed by atoms with E-state index in [1.807, 2.05) is 31.2 Å². The lowest BCUT2D eigenvalue weighted by molar-refractivity contribution is 0.308. The van der Waals surface area contributed by atoms with E-state index in [0.29, 0.717) is 18.3 Å². The summed E-state index contributed by atoms with van der Waals surface area (Å²) < 4.78 is 11.0. The first-order valence-electron chi connectivity index (χ1n) is 6.21. The molecule has 1 aromatic heterocycles. The van der Waals surface area contributed by atoms with E-state index in [-0.39, 0.29) is 0 Å². The monoisotopic (exact) mass is 279 g/mol. The number of hydrogen-bond acceptors (Lipinski definition) is 6. The van der Waals surface area contributed by atoms with Gasteiger partial charge in [-0.05, 0) is 37.6 Å². The summed E-state index contributed by atoms with van der Waals surface area (Å²) in [5, 5.41) is 9.20. The van der Waals surface area contributed by atoms with Crippen molar-refractivity contribution >= 4 is 16.5 Å². The molecule has 0 radical (unpaired) electrons. The molecule has 1 aromatic carbocycles. The number of ether oxygens (including phenoxy) is 2. The minimum Gasteiger partial charge on any atom is -0.494 e. The quantitative estimate of drug-likeness (QED) is 0.789. The zero-order valence-corrected chi connectivity index (χ0v) is 11.7. The first kappa shape index (κ1) is 13.6. The van der Waals surface area contributed by atoms with Crippen molar-refractivity contribution in [2.24, 2.45) is 0 Å². The highest BCUT2D eigenvalue weighted by atomic mass is 32.1. The second-order valence-electron chi connectivity index (χ2n) is 3.89. The lowest BCUT2D eigenvalue weighted by Gasteiger charge is -2.07. The molecule has 0 aliphatic heterocycles. The molecule has 0 aliphatic carbocycles. The molecule has 0 bridgehead atoms. The third kappa shape index (κ3) is 4.40. The smallest absolute Gasteiger partial charge is 0.203 e. The molecule has 0 fully saturated rings. The summed E-state index contributed by atoms with van der Waals surface area (Å²) in [4.78, 5) is 0. The summed E-state index contributed by atoms with van der Waals surface area (Å²) in [7, 11) is 0. The van der Waals surface area contributed by atoms with Gasteiger partial charge in [0.05, 0.1) is 13.2 Å². The Bertz CT molecular complexity index is 499. The van der Waals surface area contributed by atoms with E-state index in [9.17, 15) is 0 Å². The Hall–Kier alpha value is -1.82. The number of benzene rings is 1. The largest absolute Gasteiger partial charge is 0.494 e. The van der Waals surface area contributed by atoms with Gasteiger partial charge in [-0.25, -0.2) is 0 Å². The Morgan fingerprint density at radius 3 is 2.37 bits per heavy atom. The van der Waals surface area contributed by atoms with Crippen LogP contribution in [-0.2, 0) is 6.42 Å². The number of rotatable bonds is 7. The van der Waals surface area contributed by atoms with Crippen LogP contribution in [0.25, 0.3) is 0 Å². The normalized spacial score (nSPS) is 10.4. The number of anilines is 1. The summed E-state index contributed by atoms with van der Waals surface area (Å²) in [6.07, 6.45) is 1.73. The second-order valence-corrected chi connectivity index (χ2v) is 4.98. The van der Waals surface area contributed by atoms with Crippen LogP contribution in [0.3, 0.4) is 0 Å². The second kappa shape index (κ2) is 6.94. The molecule has 2 aromatic rings. The van der Waals surface area contributed by atoms with Crippen molar-refractivity contribution < 1.29 is 9.47 Å². The molecule has 19 heavy (non-hydrogen) atoms. The minimum atomic E-state index is 0.516. The fourth-order valence-electron chi connectivity index (χ4n) is 1.58. The van der Waals surface area contributed by atoms with Gasteiger partial charge in [-0.3, -0.25) is 0 Å². The van der Waals surface area contributed by atoms with E-state index in [0.717, 1.165) is 29.3 Å². The van der Waals surface area contributed by atoms with Gasteiger partial charge < -0.3 is 15.2 Å². The highest BCUT2D eigenvalue weighted by molar-refractivity contribution is 7.15. The van der Waals surface area contributed by atoms with Crippen LogP contribution in [0.4, 0.5) is 5.13 Å². The Balaban J connectivity index is 1.70. The van der Waals surface area contributed by atoms with Gasteiger partial charge in [0.1, 0.15) is 16.5 Å². The van der Waals surface area contributed by atoms with E-state index >= 15 is 0 Å². The van der Waals surface area contributed by atoms with Crippen molar-refractivity contribution in [3.63, 3.8) is 0 Å². The summed E-state index contributed by atoms with van der Waals surface area (Å²) in [5.74, 6) is 1.71. The number of nitrogens with two attached hydrogens (primary N) is 1. The summed E-state index contributed by atoms with van der Waals surface area (Å²) in [6.45, 7) is 3.28. The number of aromatic nitrogens is 2. The standard InChI is InChI=1S/C13H17N3O2S/c1-2-17-10-5-7-11(8-6-10)18-9-3-4-12-15-16-13(14)19-12/h5-8H,2-4,9H2,1H3,(H2,14,16). The number of nitrogens with zero attached hydrogens (tertiary/aromatic N) is 2. The van der Waals surface area contributed by atoms with Crippen LogP contribution >= 0.6 is 11.3 Å². The molecule has 0 unspecified atom stereocenters. The molecule has 6 heteroatoms. The van der Waals surface area contributed by atoms with Crippen LogP contribution in [0.5, 0.6) is 11.5 Å². The average molecular weight is 279 g/mol. The fourth-order valence-corrected chi connectivity index (χ4v) is 2.23. The molecule has 2 N–H and O–H groups in total. The van der Waals surface area contributed by atoms with Gasteiger partial charge in [-0.15, -0.1) is 10.2 Å². The lowest BCUT2D eigenvalue weighted by atomic mass is 10.3. The molecular formula is C13H17N3O2S. The third-order valence-electron chi connectivity index (χ3n) is 2.42. The molecule has 0 saturated carbocycles. The third-order valence-corrected chi connectivity index (χ3v) is 3.23. The van der Waals surface area contributed by atoms with Crippen LogP contribution in [0.15, 0.2) is 24.3 Å². The minimum absolute atomic E-state index is 0.516. The summed E-state index contributed by atoms with van der Waals surface area (Å²) >= 11 is 1.42. The van der Waals surface area contributed by atoms with E-state index in [2.05, 4.69) is 10.2 Å². The Labute approximate surface area is 116 Å². The Morgan fingerprint density at radius 1 is 1.11 bits per heavy atom. The Kier molecular flexibility index (Phi) is 4.97. The molecular weight excluding hydrogens is 262 g/mol. The molecule has 5 nitrogen and oxygen atoms in total. The Morgan fingerprint density at radius 2 is 1.79 bits per heavy atom. The maximum Gasteiger partial charge on any atom is 0.203 e. The highest BCUT2D eigenvalue weighted by Crippen LogP contribution is 2.18. The van der Waals surface area contributed by atoms with Crippen LogP contribution in [-0.4, -0.2) is 23.4 Å². The molecule has 0 aliphatic rings. The van der Waals surface area contributed by atoms with Crippen LogP contribution in [0.1, 0.15) is 18.4 Å². The van der Waals surface area contributed by atoms with Gasteiger partial charge in [-0.1, -0.05) is 11.3 Å². The van der Waals surface area contributed by atoms with Crippen LogP contribution < -0.4 is 15.2 Å². The van der Waals surface area contributed by atoms with Gasteiger partial charge in [0, 0.05) is 6.42 Å². The molecule has 0 amide bonds. The lowest BCUT2D eigenvalue weighted by Crippen LogP contribution is -1.99. The van der Waals surface area contributed by atoms with Crippen LogP contribution in [0, 0.1) is 0 Å². The summed E-state index contributed by atoms with van der Waals surface area (Å²) in [6, 6.07) is 7.64. The molecule has 0 saturated heterocycles. The predicted octanol–water partition coefficient (Wildman–Crippen LogP) is 2.53. The van der Waals surface area contributed by atoms with Crippen molar-refractivity contribution in [2.75, 3.05) is 18.9 Å². The van der Waals surface area contributed by atoms with Gasteiger partial charge in [0.15, 0.2) is 0 Å². The first-order chi connectivity index (χ1) is 9.28. The number of aryl methyl sites for hydroxylation is 1. The average Bonchev–Trinajstić information content (AvgIpc) is 2.83. The van der Waals surface area contributed by atoms with Crippen molar-refractivity contribution in [1.82, 2.24) is 10.2 Å².